The number of amides is 1. The molecule has 3 rings (SSSR count). The van der Waals surface area contributed by atoms with E-state index in [9.17, 15) is 28.1 Å². The number of nitrogens with zero attached hydrogens (tertiary/aromatic N) is 3. The lowest BCUT2D eigenvalue weighted by atomic mass is 10.2. The molecule has 0 radical (unpaired) electrons. The maximum atomic E-state index is 13.1. The number of carbonyl (C=O) groups is 1. The number of rotatable bonds is 4. The molecule has 2 aromatic heterocycles. The van der Waals surface area contributed by atoms with Crippen LogP contribution >= 0.6 is 11.6 Å². The number of carbonyl (C=O) groups excluding carboxylic acids is 1. The van der Waals surface area contributed by atoms with Crippen molar-refractivity contribution in [1.82, 2.24) is 9.38 Å². The minimum atomic E-state index is -4.69. The van der Waals surface area contributed by atoms with Gasteiger partial charge in [-0.25, -0.2) is 4.98 Å². The summed E-state index contributed by atoms with van der Waals surface area (Å²) < 4.78 is 45.4. The highest BCUT2D eigenvalue weighted by Gasteiger charge is 2.33. The van der Waals surface area contributed by atoms with Gasteiger partial charge in [0.05, 0.1) is 34.0 Å². The summed E-state index contributed by atoms with van der Waals surface area (Å²) in [4.78, 5) is 27.2. The highest BCUT2D eigenvalue weighted by molar-refractivity contribution is 6.33. The van der Waals surface area contributed by atoms with E-state index in [-0.39, 0.29) is 39.2 Å². The number of non-ortho nitro benzene ring substituents is 1. The molecule has 0 aliphatic heterocycles. The number of nitro benzene ring substituents is 1. The molecular weight excluding hydrogens is 417 g/mol. The lowest BCUT2D eigenvalue weighted by Gasteiger charge is -2.12. The Hall–Kier alpha value is -3.34. The van der Waals surface area contributed by atoms with Gasteiger partial charge in [-0.3, -0.25) is 19.3 Å². The number of alkyl halides is 3. The third-order valence-corrected chi connectivity index (χ3v) is 4.31. The average Bonchev–Trinajstić information content (AvgIpc) is 2.97. The van der Waals surface area contributed by atoms with Crippen LogP contribution in [-0.4, -0.2) is 27.3 Å². The second kappa shape index (κ2) is 7.24. The zero-order valence-electron chi connectivity index (χ0n) is 14.9. The van der Waals surface area contributed by atoms with Crippen LogP contribution in [0.2, 0.25) is 5.02 Å². The van der Waals surface area contributed by atoms with Gasteiger partial charge in [0.25, 0.3) is 11.6 Å². The SMILES string of the molecule is COc1ccc([N+](=O)[O-])cc1NC(=O)c1c(C)nc2c(Cl)cc(C(F)(F)F)cn12. The number of ether oxygens (including phenoxy) is 1. The molecule has 1 amide bonds. The number of hydrogen-bond acceptors (Lipinski definition) is 5. The number of nitro groups is 1. The van der Waals surface area contributed by atoms with Gasteiger partial charge in [0.2, 0.25) is 0 Å². The van der Waals surface area contributed by atoms with Crippen LogP contribution in [0.3, 0.4) is 0 Å². The van der Waals surface area contributed by atoms with Crippen LogP contribution in [0.1, 0.15) is 21.7 Å². The highest BCUT2D eigenvalue weighted by atomic mass is 35.5. The molecule has 0 saturated carbocycles. The normalized spacial score (nSPS) is 11.5. The van der Waals surface area contributed by atoms with Gasteiger partial charge in [0.15, 0.2) is 5.65 Å². The van der Waals surface area contributed by atoms with Crippen molar-refractivity contribution in [3.05, 3.63) is 62.6 Å². The first kappa shape index (κ1) is 20.4. The van der Waals surface area contributed by atoms with Gasteiger partial charge >= 0.3 is 6.18 Å². The molecule has 0 fully saturated rings. The number of methoxy groups -OCH3 is 1. The summed E-state index contributed by atoms with van der Waals surface area (Å²) in [5, 5.41) is 13.1. The zero-order valence-corrected chi connectivity index (χ0v) is 15.6. The molecule has 0 saturated heterocycles. The van der Waals surface area contributed by atoms with E-state index in [2.05, 4.69) is 10.3 Å². The van der Waals surface area contributed by atoms with Crippen LogP contribution < -0.4 is 10.1 Å². The third-order valence-electron chi connectivity index (χ3n) is 4.03. The summed E-state index contributed by atoms with van der Waals surface area (Å²) in [7, 11) is 1.30. The summed E-state index contributed by atoms with van der Waals surface area (Å²) in [6.45, 7) is 1.43. The van der Waals surface area contributed by atoms with Crippen molar-refractivity contribution >= 4 is 34.5 Å². The standard InChI is InChI=1S/C17H12ClF3N4O4/c1-8-14(24-7-9(17(19,20)21)5-11(18)15(24)22-8)16(26)23-12-6-10(25(27)28)3-4-13(12)29-2/h3-7H,1-2H3,(H,23,26). The molecule has 1 aromatic carbocycles. The van der Waals surface area contributed by atoms with Gasteiger partial charge in [-0.15, -0.1) is 0 Å². The smallest absolute Gasteiger partial charge is 0.417 e. The summed E-state index contributed by atoms with van der Waals surface area (Å²) in [6, 6.07) is 4.26. The zero-order chi connectivity index (χ0) is 21.5. The number of anilines is 1. The van der Waals surface area contributed by atoms with Crippen molar-refractivity contribution in [1.29, 1.82) is 0 Å². The number of benzene rings is 1. The lowest BCUT2D eigenvalue weighted by Crippen LogP contribution is -2.17. The van der Waals surface area contributed by atoms with Crippen molar-refractivity contribution in [2.75, 3.05) is 12.4 Å². The third kappa shape index (κ3) is 3.81. The quantitative estimate of drug-likeness (QED) is 0.488. The van der Waals surface area contributed by atoms with Crippen molar-refractivity contribution in [3.8, 4) is 5.75 Å². The predicted molar refractivity (Wildman–Crippen MR) is 97.5 cm³/mol. The monoisotopic (exact) mass is 428 g/mol. The Morgan fingerprint density at radius 1 is 1.34 bits per heavy atom. The number of aryl methyl sites for hydroxylation is 1. The molecule has 152 valence electrons. The molecule has 0 atom stereocenters. The topological polar surface area (TPSA) is 98.8 Å². The minimum Gasteiger partial charge on any atom is -0.495 e. The predicted octanol–water partition coefficient (Wildman–Crippen LogP) is 4.48. The molecule has 0 bridgehead atoms. The van der Waals surface area contributed by atoms with Gasteiger partial charge in [-0.2, -0.15) is 13.2 Å². The number of nitrogens with one attached hydrogen (secondary N) is 1. The molecule has 0 aliphatic carbocycles. The van der Waals surface area contributed by atoms with Gasteiger partial charge in [0.1, 0.15) is 11.4 Å². The molecular formula is C17H12ClF3N4O4. The van der Waals surface area contributed by atoms with Crippen LogP contribution in [0.5, 0.6) is 5.75 Å². The number of imidazole rings is 1. The van der Waals surface area contributed by atoms with Crippen molar-refractivity contribution in [2.24, 2.45) is 0 Å². The van der Waals surface area contributed by atoms with Crippen molar-refractivity contribution < 1.29 is 27.6 Å². The Kier molecular flexibility index (Phi) is 5.09. The summed E-state index contributed by atoms with van der Waals surface area (Å²) in [5.41, 5.74) is -1.52. The summed E-state index contributed by atoms with van der Waals surface area (Å²) >= 11 is 5.91. The van der Waals surface area contributed by atoms with Crippen molar-refractivity contribution in [2.45, 2.75) is 13.1 Å². The Labute approximate surface area is 166 Å². The molecule has 8 nitrogen and oxygen atoms in total. The Morgan fingerprint density at radius 2 is 2.03 bits per heavy atom. The molecule has 12 heteroatoms. The van der Waals surface area contributed by atoms with Crippen LogP contribution in [0.15, 0.2) is 30.5 Å². The molecule has 0 aliphatic rings. The largest absolute Gasteiger partial charge is 0.495 e. The molecule has 0 spiro atoms. The van der Waals surface area contributed by atoms with Gasteiger partial charge in [-0.1, -0.05) is 11.6 Å². The van der Waals surface area contributed by atoms with E-state index in [1.54, 1.807) is 0 Å². The molecule has 0 unspecified atom stereocenters. The van der Waals surface area contributed by atoms with E-state index in [4.69, 9.17) is 16.3 Å². The summed E-state index contributed by atoms with van der Waals surface area (Å²) in [5.74, 6) is -0.714. The first-order valence-corrected chi connectivity index (χ1v) is 8.30. The van der Waals surface area contributed by atoms with E-state index >= 15 is 0 Å². The average molecular weight is 429 g/mol. The molecule has 2 heterocycles. The minimum absolute atomic E-state index is 0.0286. The second-order valence-electron chi connectivity index (χ2n) is 5.91. The highest BCUT2D eigenvalue weighted by Crippen LogP contribution is 2.34. The lowest BCUT2D eigenvalue weighted by molar-refractivity contribution is -0.384. The second-order valence-corrected chi connectivity index (χ2v) is 6.32. The van der Waals surface area contributed by atoms with E-state index in [1.165, 1.54) is 26.2 Å². The number of hydrogen-bond donors (Lipinski definition) is 1. The van der Waals surface area contributed by atoms with Gasteiger partial charge < -0.3 is 10.1 Å². The Morgan fingerprint density at radius 3 is 2.62 bits per heavy atom. The first-order valence-electron chi connectivity index (χ1n) is 7.92. The van der Waals surface area contributed by atoms with Gasteiger partial charge in [0, 0.05) is 18.3 Å². The fraction of sp³-hybridized carbons (Fsp3) is 0.176. The van der Waals surface area contributed by atoms with E-state index in [1.807, 2.05) is 0 Å². The van der Waals surface area contributed by atoms with Gasteiger partial charge in [-0.05, 0) is 19.1 Å². The van der Waals surface area contributed by atoms with E-state index in [0.717, 1.165) is 10.5 Å². The van der Waals surface area contributed by atoms with E-state index in [0.29, 0.717) is 12.3 Å². The number of halogens is 4. The Bertz CT molecular complexity index is 1140. The fourth-order valence-electron chi connectivity index (χ4n) is 2.73. The molecule has 29 heavy (non-hydrogen) atoms. The van der Waals surface area contributed by atoms with Crippen LogP contribution in [-0.2, 0) is 6.18 Å². The first-order chi connectivity index (χ1) is 13.5. The Balaban J connectivity index is 2.11. The maximum absolute atomic E-state index is 13.1. The fourth-order valence-corrected chi connectivity index (χ4v) is 2.99. The van der Waals surface area contributed by atoms with Crippen LogP contribution in [0, 0.1) is 17.0 Å². The van der Waals surface area contributed by atoms with Crippen LogP contribution in [0.25, 0.3) is 5.65 Å². The number of aromatic nitrogens is 2. The maximum Gasteiger partial charge on any atom is 0.417 e. The molecule has 1 N–H and O–H groups in total. The number of pyridine rings is 1. The van der Waals surface area contributed by atoms with Crippen LogP contribution in [0.4, 0.5) is 24.5 Å². The number of fused-ring (bicyclic) bond motifs is 1. The van der Waals surface area contributed by atoms with E-state index < -0.39 is 22.6 Å². The molecule has 3 aromatic rings. The van der Waals surface area contributed by atoms with Crippen molar-refractivity contribution in [3.63, 3.8) is 0 Å². The summed E-state index contributed by atoms with van der Waals surface area (Å²) in [6.07, 6.45) is -3.98.